The number of anilines is 1. The highest BCUT2D eigenvalue weighted by atomic mass is 16.5. The lowest BCUT2D eigenvalue weighted by molar-refractivity contribution is 0.00485. The Morgan fingerprint density at radius 2 is 2.00 bits per heavy atom. The zero-order chi connectivity index (χ0) is 17.7. The van der Waals surface area contributed by atoms with Crippen LogP contribution in [0.3, 0.4) is 0 Å². The van der Waals surface area contributed by atoms with Crippen LogP contribution in [-0.4, -0.2) is 23.9 Å². The first-order chi connectivity index (χ1) is 11.4. The first kappa shape index (κ1) is 17.9. The van der Waals surface area contributed by atoms with Crippen LogP contribution in [0.15, 0.2) is 30.3 Å². The summed E-state index contributed by atoms with van der Waals surface area (Å²) in [5.41, 5.74) is 9.08. The number of benzene rings is 1. The molecule has 0 spiro atoms. The van der Waals surface area contributed by atoms with Gasteiger partial charge >= 0.3 is 0 Å². The van der Waals surface area contributed by atoms with Crippen LogP contribution in [0.2, 0.25) is 0 Å². The fourth-order valence-corrected chi connectivity index (χ4v) is 2.42. The number of aryl methyl sites for hydroxylation is 1. The molecule has 0 fully saturated rings. The number of aromatic nitrogens is 1. The highest BCUT2D eigenvalue weighted by Crippen LogP contribution is 2.29. The van der Waals surface area contributed by atoms with Gasteiger partial charge in [0.05, 0.1) is 24.4 Å². The Bertz CT molecular complexity index is 742. The summed E-state index contributed by atoms with van der Waals surface area (Å²) in [4.78, 5) is 0. The smallest absolute Gasteiger partial charge is 0.218 e. The normalized spacial score (nSPS) is 11.3. The van der Waals surface area contributed by atoms with E-state index < -0.39 is 0 Å². The van der Waals surface area contributed by atoms with Gasteiger partial charge in [-0.05, 0) is 31.9 Å². The third-order valence-corrected chi connectivity index (χ3v) is 4.27. The van der Waals surface area contributed by atoms with Gasteiger partial charge in [0.1, 0.15) is 11.8 Å². The second-order valence-corrected chi connectivity index (χ2v) is 6.48. The fourth-order valence-electron chi connectivity index (χ4n) is 2.42. The highest BCUT2D eigenvalue weighted by molar-refractivity contribution is 5.55. The Labute approximate surface area is 143 Å². The molecular weight excluding hydrogens is 302 g/mol. The predicted molar refractivity (Wildman–Crippen MR) is 95.0 cm³/mol. The first-order valence-electron chi connectivity index (χ1n) is 7.99. The van der Waals surface area contributed by atoms with Gasteiger partial charge < -0.3 is 15.2 Å². The van der Waals surface area contributed by atoms with Gasteiger partial charge in [0.2, 0.25) is 5.88 Å². The molecule has 0 saturated heterocycles. The van der Waals surface area contributed by atoms with E-state index in [0.717, 1.165) is 12.0 Å². The van der Waals surface area contributed by atoms with Gasteiger partial charge in [-0.3, -0.25) is 4.57 Å². The molecule has 0 unspecified atom stereocenters. The van der Waals surface area contributed by atoms with Crippen molar-refractivity contribution in [2.75, 3.05) is 19.5 Å². The van der Waals surface area contributed by atoms with E-state index in [1.54, 1.807) is 13.2 Å². The molecule has 0 aliphatic carbocycles. The molecule has 2 N–H and O–H groups in total. The lowest BCUT2D eigenvalue weighted by Gasteiger charge is -2.23. The Morgan fingerprint density at radius 3 is 2.62 bits per heavy atom. The van der Waals surface area contributed by atoms with Crippen LogP contribution in [0.4, 0.5) is 5.69 Å². The first-order valence-corrected chi connectivity index (χ1v) is 7.99. The van der Waals surface area contributed by atoms with E-state index in [9.17, 15) is 5.26 Å². The molecule has 0 aliphatic rings. The molecule has 2 aromatic rings. The number of nitrogens with zero attached hydrogens (tertiary/aromatic N) is 2. The van der Waals surface area contributed by atoms with E-state index >= 15 is 0 Å². The minimum atomic E-state index is -0.264. The van der Waals surface area contributed by atoms with Crippen molar-refractivity contribution < 1.29 is 9.47 Å². The van der Waals surface area contributed by atoms with Crippen LogP contribution in [0, 0.1) is 18.3 Å². The minimum Gasteiger partial charge on any atom is -0.477 e. The van der Waals surface area contributed by atoms with Gasteiger partial charge in [-0.25, -0.2) is 0 Å². The summed E-state index contributed by atoms with van der Waals surface area (Å²) >= 11 is 0. The van der Waals surface area contributed by atoms with Crippen molar-refractivity contribution in [1.82, 2.24) is 4.57 Å². The monoisotopic (exact) mass is 327 g/mol. The molecule has 1 aromatic carbocycles. The van der Waals surface area contributed by atoms with Gasteiger partial charge in [0.15, 0.2) is 0 Å². The minimum absolute atomic E-state index is 0.264. The van der Waals surface area contributed by atoms with E-state index in [1.165, 1.54) is 5.56 Å². The van der Waals surface area contributed by atoms with Crippen molar-refractivity contribution in [3.8, 4) is 11.9 Å². The summed E-state index contributed by atoms with van der Waals surface area (Å²) in [6.45, 7) is 7.08. The van der Waals surface area contributed by atoms with Gasteiger partial charge in [-0.1, -0.05) is 24.3 Å². The quantitative estimate of drug-likeness (QED) is 0.845. The second kappa shape index (κ2) is 7.41. The Balaban J connectivity index is 2.24. The van der Waals surface area contributed by atoms with Crippen LogP contribution < -0.4 is 10.5 Å². The van der Waals surface area contributed by atoms with Crippen LogP contribution in [0.25, 0.3) is 0 Å². The van der Waals surface area contributed by atoms with Crippen LogP contribution >= 0.6 is 0 Å². The second-order valence-electron chi connectivity index (χ2n) is 6.48. The van der Waals surface area contributed by atoms with Gasteiger partial charge in [-0.15, -0.1) is 0 Å². The van der Waals surface area contributed by atoms with Crippen LogP contribution in [0.1, 0.15) is 37.1 Å². The SMILES string of the molecule is COC(C)(C)CCOc1c(N)cc(C#N)n1Cc1ccccc1C. The lowest BCUT2D eigenvalue weighted by Crippen LogP contribution is -2.25. The number of rotatable bonds is 7. The molecule has 1 heterocycles. The number of nitrogen functional groups attached to an aromatic ring is 1. The number of nitrogens with two attached hydrogens (primary N) is 1. The maximum absolute atomic E-state index is 9.39. The average Bonchev–Trinajstić information content (AvgIpc) is 2.85. The number of nitriles is 1. The molecule has 5 nitrogen and oxygen atoms in total. The molecule has 5 heteroatoms. The largest absolute Gasteiger partial charge is 0.477 e. The molecule has 0 aliphatic heterocycles. The lowest BCUT2D eigenvalue weighted by atomic mass is 10.1. The molecule has 1 aromatic heterocycles. The summed E-state index contributed by atoms with van der Waals surface area (Å²) in [5, 5.41) is 9.39. The standard InChI is InChI=1S/C19H25N3O2/c1-14-7-5-6-8-15(14)13-22-16(12-20)11-17(21)18(22)24-10-9-19(2,3)23-4/h5-8,11H,9-10,13,21H2,1-4H3. The topological polar surface area (TPSA) is 73.2 Å². The zero-order valence-corrected chi connectivity index (χ0v) is 14.8. The summed E-state index contributed by atoms with van der Waals surface area (Å²) < 4.78 is 13.1. The van der Waals surface area contributed by atoms with Crippen molar-refractivity contribution in [1.29, 1.82) is 5.26 Å². The molecule has 24 heavy (non-hydrogen) atoms. The summed E-state index contributed by atoms with van der Waals surface area (Å²) in [7, 11) is 1.68. The van der Waals surface area contributed by atoms with Crippen molar-refractivity contribution in [3.63, 3.8) is 0 Å². The maximum Gasteiger partial charge on any atom is 0.218 e. The number of hydrogen-bond acceptors (Lipinski definition) is 4. The number of methoxy groups -OCH3 is 1. The third-order valence-electron chi connectivity index (χ3n) is 4.27. The third kappa shape index (κ3) is 4.09. The summed E-state index contributed by atoms with van der Waals surface area (Å²) in [6.07, 6.45) is 0.723. The molecule has 2 rings (SSSR count). The maximum atomic E-state index is 9.39. The van der Waals surface area contributed by atoms with Gasteiger partial charge in [0, 0.05) is 19.6 Å². The molecule has 0 bridgehead atoms. The van der Waals surface area contributed by atoms with Gasteiger partial charge in [-0.2, -0.15) is 5.26 Å². The average molecular weight is 327 g/mol. The molecule has 0 radical (unpaired) electrons. The predicted octanol–water partition coefficient (Wildman–Crippen LogP) is 3.49. The van der Waals surface area contributed by atoms with Crippen molar-refractivity contribution in [2.45, 2.75) is 39.3 Å². The number of ether oxygens (including phenoxy) is 2. The molecule has 128 valence electrons. The summed E-state index contributed by atoms with van der Waals surface area (Å²) in [5.74, 6) is 0.543. The van der Waals surface area contributed by atoms with E-state index in [1.807, 2.05) is 36.6 Å². The van der Waals surface area contributed by atoms with Crippen molar-refractivity contribution >= 4 is 5.69 Å². The van der Waals surface area contributed by atoms with Gasteiger partial charge in [0.25, 0.3) is 0 Å². The molecule has 0 saturated carbocycles. The van der Waals surface area contributed by atoms with E-state index in [-0.39, 0.29) is 5.60 Å². The van der Waals surface area contributed by atoms with Crippen LogP contribution in [-0.2, 0) is 11.3 Å². The Morgan fingerprint density at radius 1 is 1.29 bits per heavy atom. The summed E-state index contributed by atoms with van der Waals surface area (Å²) in [6, 6.07) is 11.9. The van der Waals surface area contributed by atoms with Crippen molar-refractivity contribution in [3.05, 3.63) is 47.2 Å². The molecule has 0 amide bonds. The zero-order valence-electron chi connectivity index (χ0n) is 14.8. The number of hydrogen-bond donors (Lipinski definition) is 1. The highest BCUT2D eigenvalue weighted by Gasteiger charge is 2.19. The Kier molecular flexibility index (Phi) is 5.53. The van der Waals surface area contributed by atoms with E-state index in [0.29, 0.717) is 30.4 Å². The Hall–Kier alpha value is -2.45. The molecule has 0 atom stereocenters. The van der Waals surface area contributed by atoms with E-state index in [2.05, 4.69) is 19.1 Å². The van der Waals surface area contributed by atoms with E-state index in [4.69, 9.17) is 15.2 Å². The van der Waals surface area contributed by atoms with Crippen LogP contribution in [0.5, 0.6) is 5.88 Å². The fraction of sp³-hybridized carbons (Fsp3) is 0.421. The van der Waals surface area contributed by atoms with Crippen molar-refractivity contribution in [2.24, 2.45) is 0 Å². The molecular formula is C19H25N3O2.